The average Bonchev–Trinajstić information content (AvgIpc) is 2.27. The van der Waals surface area contributed by atoms with E-state index in [-0.39, 0.29) is 11.8 Å². The van der Waals surface area contributed by atoms with Gasteiger partial charge in [0.05, 0.1) is 0 Å². The monoisotopic (exact) mass is 227 g/mol. The van der Waals surface area contributed by atoms with Crippen molar-refractivity contribution in [2.24, 2.45) is 11.7 Å². The average molecular weight is 227 g/mol. The third-order valence-electron chi connectivity index (χ3n) is 2.58. The second-order valence-corrected chi connectivity index (χ2v) is 4.14. The number of piperazine rings is 1. The van der Waals surface area contributed by atoms with Crippen LogP contribution in [-0.4, -0.2) is 53.7 Å². The normalized spacial score (nSPS) is 16.4. The lowest BCUT2D eigenvalue weighted by molar-refractivity contribution is -0.147. The summed E-state index contributed by atoms with van der Waals surface area (Å²) in [5, 5.41) is 0. The van der Waals surface area contributed by atoms with Crippen molar-refractivity contribution < 1.29 is 14.4 Å². The lowest BCUT2D eigenvalue weighted by Gasteiger charge is -2.34. The maximum atomic E-state index is 11.6. The molecule has 0 saturated carbocycles. The van der Waals surface area contributed by atoms with Gasteiger partial charge < -0.3 is 15.5 Å². The molecule has 0 spiro atoms. The first-order chi connectivity index (χ1) is 7.43. The molecule has 1 fully saturated rings. The Morgan fingerprint density at radius 2 is 1.44 bits per heavy atom. The summed E-state index contributed by atoms with van der Waals surface area (Å²) >= 11 is 0. The molecule has 0 radical (unpaired) electrons. The highest BCUT2D eigenvalue weighted by Gasteiger charge is 2.27. The van der Waals surface area contributed by atoms with E-state index in [0.717, 1.165) is 0 Å². The number of rotatable bonds is 1. The van der Waals surface area contributed by atoms with Gasteiger partial charge in [0, 0.05) is 32.1 Å². The van der Waals surface area contributed by atoms with E-state index >= 15 is 0 Å². The fourth-order valence-electron chi connectivity index (χ4n) is 1.65. The van der Waals surface area contributed by atoms with Crippen LogP contribution in [0, 0.1) is 5.92 Å². The van der Waals surface area contributed by atoms with Crippen LogP contribution in [0.4, 0.5) is 0 Å². The first-order valence-electron chi connectivity index (χ1n) is 5.31. The largest absolute Gasteiger partial charge is 0.361 e. The second-order valence-electron chi connectivity index (χ2n) is 4.14. The number of nitrogens with two attached hydrogens (primary N) is 1. The van der Waals surface area contributed by atoms with Gasteiger partial charge >= 0.3 is 11.8 Å². The number of amides is 3. The Hall–Kier alpha value is -1.59. The zero-order valence-corrected chi connectivity index (χ0v) is 9.60. The van der Waals surface area contributed by atoms with Crippen molar-refractivity contribution in [3.8, 4) is 0 Å². The van der Waals surface area contributed by atoms with E-state index in [2.05, 4.69) is 0 Å². The summed E-state index contributed by atoms with van der Waals surface area (Å²) in [6, 6.07) is 0. The molecule has 6 heteroatoms. The molecule has 6 nitrogen and oxygen atoms in total. The predicted molar refractivity (Wildman–Crippen MR) is 57.2 cm³/mol. The summed E-state index contributed by atoms with van der Waals surface area (Å²) in [7, 11) is 0. The van der Waals surface area contributed by atoms with Gasteiger partial charge in [-0.15, -0.1) is 0 Å². The summed E-state index contributed by atoms with van der Waals surface area (Å²) in [5.41, 5.74) is 4.90. The second kappa shape index (κ2) is 4.96. The topological polar surface area (TPSA) is 83.7 Å². The molecule has 1 rings (SSSR count). The smallest absolute Gasteiger partial charge is 0.311 e. The zero-order valence-electron chi connectivity index (χ0n) is 9.60. The summed E-state index contributed by atoms with van der Waals surface area (Å²) < 4.78 is 0. The summed E-state index contributed by atoms with van der Waals surface area (Å²) in [6.45, 7) is 5.36. The van der Waals surface area contributed by atoms with Crippen LogP contribution in [0.25, 0.3) is 0 Å². The third-order valence-corrected chi connectivity index (χ3v) is 2.58. The van der Waals surface area contributed by atoms with Crippen molar-refractivity contribution in [3.63, 3.8) is 0 Å². The minimum atomic E-state index is -0.941. The molecule has 0 aromatic rings. The fourth-order valence-corrected chi connectivity index (χ4v) is 1.65. The number of hydrogen-bond acceptors (Lipinski definition) is 3. The van der Waals surface area contributed by atoms with E-state index in [1.54, 1.807) is 4.90 Å². The Morgan fingerprint density at radius 1 is 1.00 bits per heavy atom. The van der Waals surface area contributed by atoms with Gasteiger partial charge in [0.15, 0.2) is 0 Å². The maximum absolute atomic E-state index is 11.6. The van der Waals surface area contributed by atoms with Crippen molar-refractivity contribution in [1.82, 2.24) is 9.80 Å². The zero-order chi connectivity index (χ0) is 12.3. The van der Waals surface area contributed by atoms with Crippen molar-refractivity contribution in [1.29, 1.82) is 0 Å². The molecule has 1 saturated heterocycles. The van der Waals surface area contributed by atoms with Gasteiger partial charge in [-0.3, -0.25) is 14.4 Å². The van der Waals surface area contributed by atoms with Gasteiger partial charge in [0.25, 0.3) is 0 Å². The van der Waals surface area contributed by atoms with Gasteiger partial charge in [-0.2, -0.15) is 0 Å². The highest BCUT2D eigenvalue weighted by molar-refractivity contribution is 6.34. The highest BCUT2D eigenvalue weighted by Crippen LogP contribution is 2.07. The van der Waals surface area contributed by atoms with Crippen LogP contribution in [0.2, 0.25) is 0 Å². The molecule has 0 aromatic heterocycles. The molecular formula is C10H17N3O3. The van der Waals surface area contributed by atoms with Crippen LogP contribution >= 0.6 is 0 Å². The minimum Gasteiger partial charge on any atom is -0.361 e. The Balaban J connectivity index is 2.49. The van der Waals surface area contributed by atoms with E-state index in [9.17, 15) is 14.4 Å². The Kier molecular flexibility index (Phi) is 3.87. The van der Waals surface area contributed by atoms with Gasteiger partial charge in [0.1, 0.15) is 0 Å². The lowest BCUT2D eigenvalue weighted by Crippen LogP contribution is -2.53. The van der Waals surface area contributed by atoms with E-state index in [0.29, 0.717) is 26.2 Å². The fraction of sp³-hybridized carbons (Fsp3) is 0.700. The molecule has 0 aliphatic carbocycles. The Morgan fingerprint density at radius 3 is 1.81 bits per heavy atom. The summed E-state index contributed by atoms with van der Waals surface area (Å²) in [5.74, 6) is -1.58. The molecule has 1 aliphatic heterocycles. The van der Waals surface area contributed by atoms with Gasteiger partial charge in [-0.05, 0) is 0 Å². The maximum Gasteiger partial charge on any atom is 0.311 e. The van der Waals surface area contributed by atoms with Crippen LogP contribution in [0.15, 0.2) is 0 Å². The number of carbonyl (C=O) groups is 3. The summed E-state index contributed by atoms with van der Waals surface area (Å²) in [4.78, 5) is 36.7. The molecule has 0 unspecified atom stereocenters. The van der Waals surface area contributed by atoms with E-state index in [1.165, 1.54) is 4.90 Å². The minimum absolute atomic E-state index is 0.0432. The van der Waals surface area contributed by atoms with Crippen LogP contribution in [0.3, 0.4) is 0 Å². The molecule has 2 N–H and O–H groups in total. The summed E-state index contributed by atoms with van der Waals surface area (Å²) in [6.07, 6.45) is 0. The SMILES string of the molecule is CC(C)C(=O)N1CCN(C(=O)C(N)=O)CC1. The van der Waals surface area contributed by atoms with Gasteiger partial charge in [-0.1, -0.05) is 13.8 Å². The van der Waals surface area contributed by atoms with Crippen molar-refractivity contribution in [2.45, 2.75) is 13.8 Å². The van der Waals surface area contributed by atoms with E-state index in [1.807, 2.05) is 13.8 Å². The van der Waals surface area contributed by atoms with Crippen molar-refractivity contribution in [2.75, 3.05) is 26.2 Å². The quantitative estimate of drug-likeness (QED) is 0.571. The molecular weight excluding hydrogens is 210 g/mol. The Bertz CT molecular complexity index is 306. The molecule has 1 heterocycles. The van der Waals surface area contributed by atoms with Gasteiger partial charge in [-0.25, -0.2) is 0 Å². The van der Waals surface area contributed by atoms with E-state index < -0.39 is 11.8 Å². The molecule has 3 amide bonds. The lowest BCUT2D eigenvalue weighted by atomic mass is 10.1. The number of nitrogens with zero attached hydrogens (tertiary/aromatic N) is 2. The first-order valence-corrected chi connectivity index (χ1v) is 5.31. The van der Waals surface area contributed by atoms with E-state index in [4.69, 9.17) is 5.73 Å². The van der Waals surface area contributed by atoms with Crippen molar-refractivity contribution in [3.05, 3.63) is 0 Å². The molecule has 0 bridgehead atoms. The third kappa shape index (κ3) is 2.71. The van der Waals surface area contributed by atoms with Crippen LogP contribution in [-0.2, 0) is 14.4 Å². The first kappa shape index (κ1) is 12.5. The number of hydrogen-bond donors (Lipinski definition) is 1. The molecule has 16 heavy (non-hydrogen) atoms. The predicted octanol–water partition coefficient (Wildman–Crippen LogP) is -1.20. The van der Waals surface area contributed by atoms with Crippen LogP contribution in [0.5, 0.6) is 0 Å². The standard InChI is InChI=1S/C10H17N3O3/c1-7(2)9(15)12-3-5-13(6-4-12)10(16)8(11)14/h7H,3-6H2,1-2H3,(H2,11,14). The van der Waals surface area contributed by atoms with Crippen molar-refractivity contribution >= 4 is 17.7 Å². The molecule has 90 valence electrons. The molecule has 0 atom stereocenters. The van der Waals surface area contributed by atoms with Crippen LogP contribution in [0.1, 0.15) is 13.8 Å². The Labute approximate surface area is 94.4 Å². The van der Waals surface area contributed by atoms with Gasteiger partial charge in [0.2, 0.25) is 5.91 Å². The highest BCUT2D eigenvalue weighted by atomic mass is 16.2. The molecule has 0 aromatic carbocycles. The number of primary amides is 1. The molecule has 1 aliphatic rings. The van der Waals surface area contributed by atoms with Crippen LogP contribution < -0.4 is 5.73 Å². The number of carbonyl (C=O) groups excluding carboxylic acids is 3.